The Labute approximate surface area is 111 Å². The molecule has 0 atom stereocenters. The van der Waals surface area contributed by atoms with Crippen LogP contribution in [0, 0.1) is 0 Å². The Morgan fingerprint density at radius 1 is 1.39 bits per heavy atom. The zero-order valence-corrected chi connectivity index (χ0v) is 11.5. The topological polar surface area (TPSA) is 72.2 Å². The number of ether oxygens (including phenoxy) is 1. The van der Waals surface area contributed by atoms with E-state index < -0.39 is 0 Å². The van der Waals surface area contributed by atoms with Gasteiger partial charge in [-0.15, -0.1) is 5.10 Å². The van der Waals surface area contributed by atoms with Gasteiger partial charge in [-0.1, -0.05) is 5.10 Å². The lowest BCUT2D eigenvalue weighted by atomic mass is 10.2. The van der Waals surface area contributed by atoms with Crippen molar-refractivity contribution < 1.29 is 9.15 Å². The van der Waals surface area contributed by atoms with Crippen LogP contribution in [0.2, 0.25) is 0 Å². The molecule has 0 aromatic carbocycles. The van der Waals surface area contributed by atoms with E-state index in [0.717, 1.165) is 19.4 Å². The van der Waals surface area contributed by atoms with Gasteiger partial charge >= 0.3 is 6.01 Å². The van der Waals surface area contributed by atoms with Crippen molar-refractivity contribution in [3.8, 4) is 0 Å². The first kappa shape index (κ1) is 13.6. The number of nitrogens with one attached hydrogen (secondary N) is 2. The summed E-state index contributed by atoms with van der Waals surface area (Å²) in [6, 6.07) is 1.01. The predicted molar refractivity (Wildman–Crippen MR) is 71.9 cm³/mol. The molecule has 2 N–H and O–H groups in total. The molecule has 0 radical (unpaired) electrons. The average molecular weight is 272 g/mol. The van der Waals surface area contributed by atoms with Crippen molar-refractivity contribution in [1.82, 2.24) is 15.5 Å². The Hall–Kier alpha value is -0.790. The van der Waals surface area contributed by atoms with Gasteiger partial charge in [0, 0.05) is 19.7 Å². The van der Waals surface area contributed by atoms with E-state index in [9.17, 15) is 0 Å². The monoisotopic (exact) mass is 272 g/mol. The molecule has 7 heteroatoms. The molecule has 0 spiro atoms. The minimum absolute atomic E-state index is 0.473. The van der Waals surface area contributed by atoms with Crippen LogP contribution in [0.25, 0.3) is 0 Å². The predicted octanol–water partition coefficient (Wildman–Crippen LogP) is 1.11. The number of hydrogen-bond donors (Lipinski definition) is 2. The molecule has 18 heavy (non-hydrogen) atoms. The molecule has 1 aromatic rings. The summed E-state index contributed by atoms with van der Waals surface area (Å²) in [5.41, 5.74) is 0. The van der Waals surface area contributed by atoms with Crippen LogP contribution in [0.1, 0.15) is 18.7 Å². The van der Waals surface area contributed by atoms with Crippen LogP contribution in [-0.2, 0) is 11.3 Å². The number of hydrogen-bond acceptors (Lipinski definition) is 7. The molecule has 0 aliphatic carbocycles. The Morgan fingerprint density at radius 3 is 3.00 bits per heavy atom. The number of aromatic nitrogens is 2. The first-order chi connectivity index (χ1) is 8.88. The zero-order valence-electron chi connectivity index (χ0n) is 10.6. The lowest BCUT2D eigenvalue weighted by Gasteiger charge is -2.21. The number of anilines is 1. The molecule has 1 aliphatic heterocycles. The minimum Gasteiger partial charge on any atom is -0.407 e. The molecule has 0 saturated carbocycles. The van der Waals surface area contributed by atoms with Gasteiger partial charge in [-0.2, -0.15) is 11.8 Å². The number of nitrogens with zero attached hydrogens (tertiary/aromatic N) is 2. The highest BCUT2D eigenvalue weighted by molar-refractivity contribution is 7.99. The lowest BCUT2D eigenvalue weighted by Crippen LogP contribution is -2.24. The van der Waals surface area contributed by atoms with Gasteiger partial charge in [0.2, 0.25) is 5.89 Å². The Morgan fingerprint density at radius 2 is 2.22 bits per heavy atom. The smallest absolute Gasteiger partial charge is 0.315 e. The van der Waals surface area contributed by atoms with Crippen molar-refractivity contribution >= 4 is 17.8 Å². The summed E-state index contributed by atoms with van der Waals surface area (Å²) in [5, 5.41) is 14.5. The fourth-order valence-corrected chi connectivity index (χ4v) is 2.88. The summed E-state index contributed by atoms with van der Waals surface area (Å²) >= 11 is 2.00. The standard InChI is InChI=1S/C11H20N4O2S/c1-16-5-4-12-8-10-14-15-11(17-10)13-9-2-6-18-7-3-9/h9,12H,2-8H2,1H3,(H,13,15). The third kappa shape index (κ3) is 4.47. The van der Waals surface area contributed by atoms with E-state index in [1.807, 2.05) is 11.8 Å². The Bertz CT molecular complexity index is 342. The Kier molecular flexibility index (Phi) is 5.76. The van der Waals surface area contributed by atoms with Gasteiger partial charge in [0.25, 0.3) is 0 Å². The van der Waals surface area contributed by atoms with Crippen LogP contribution >= 0.6 is 11.8 Å². The van der Waals surface area contributed by atoms with Crippen LogP contribution < -0.4 is 10.6 Å². The molecule has 0 unspecified atom stereocenters. The van der Waals surface area contributed by atoms with E-state index >= 15 is 0 Å². The van der Waals surface area contributed by atoms with Crippen LogP contribution in [0.4, 0.5) is 6.01 Å². The van der Waals surface area contributed by atoms with Gasteiger partial charge in [-0.3, -0.25) is 0 Å². The second-order valence-electron chi connectivity index (χ2n) is 4.20. The SMILES string of the molecule is COCCNCc1nnc(NC2CCSCC2)o1. The molecular weight excluding hydrogens is 252 g/mol. The van der Waals surface area contributed by atoms with Crippen molar-refractivity contribution in [2.45, 2.75) is 25.4 Å². The van der Waals surface area contributed by atoms with E-state index in [-0.39, 0.29) is 0 Å². The van der Waals surface area contributed by atoms with Crippen molar-refractivity contribution in [1.29, 1.82) is 0 Å². The Balaban J connectivity index is 1.71. The number of thioether (sulfide) groups is 1. The molecule has 1 aromatic heterocycles. The quantitative estimate of drug-likeness (QED) is 0.720. The fraction of sp³-hybridized carbons (Fsp3) is 0.818. The van der Waals surface area contributed by atoms with Crippen LogP contribution in [0.15, 0.2) is 4.42 Å². The maximum atomic E-state index is 5.52. The first-order valence-electron chi connectivity index (χ1n) is 6.25. The molecular formula is C11H20N4O2S. The molecule has 2 heterocycles. The lowest BCUT2D eigenvalue weighted by molar-refractivity contribution is 0.198. The third-order valence-electron chi connectivity index (χ3n) is 2.77. The van der Waals surface area contributed by atoms with Crippen molar-refractivity contribution in [2.75, 3.05) is 37.1 Å². The summed E-state index contributed by atoms with van der Waals surface area (Å²) in [5.74, 6) is 3.02. The van der Waals surface area contributed by atoms with Gasteiger partial charge in [0.15, 0.2) is 0 Å². The molecule has 1 saturated heterocycles. The highest BCUT2D eigenvalue weighted by Crippen LogP contribution is 2.20. The molecule has 0 bridgehead atoms. The van der Waals surface area contributed by atoms with Crippen molar-refractivity contribution in [3.63, 3.8) is 0 Å². The van der Waals surface area contributed by atoms with Crippen LogP contribution in [0.3, 0.4) is 0 Å². The fourth-order valence-electron chi connectivity index (χ4n) is 1.77. The van der Waals surface area contributed by atoms with Crippen LogP contribution in [-0.4, -0.2) is 48.0 Å². The first-order valence-corrected chi connectivity index (χ1v) is 7.40. The highest BCUT2D eigenvalue weighted by Gasteiger charge is 2.16. The van der Waals surface area contributed by atoms with Gasteiger partial charge in [0.1, 0.15) is 0 Å². The molecule has 0 amide bonds. The highest BCUT2D eigenvalue weighted by atomic mass is 32.2. The summed E-state index contributed by atoms with van der Waals surface area (Å²) in [7, 11) is 1.68. The van der Waals surface area contributed by atoms with E-state index in [1.165, 1.54) is 11.5 Å². The van der Waals surface area contributed by atoms with Crippen LogP contribution in [0.5, 0.6) is 0 Å². The van der Waals surface area contributed by atoms with Gasteiger partial charge in [0.05, 0.1) is 13.2 Å². The van der Waals surface area contributed by atoms with Crippen molar-refractivity contribution in [2.24, 2.45) is 0 Å². The minimum atomic E-state index is 0.473. The van der Waals surface area contributed by atoms with E-state index in [1.54, 1.807) is 7.11 Å². The van der Waals surface area contributed by atoms with Crippen molar-refractivity contribution in [3.05, 3.63) is 5.89 Å². The van der Waals surface area contributed by atoms with Gasteiger partial charge in [-0.05, 0) is 24.3 Å². The van der Waals surface area contributed by atoms with Gasteiger partial charge < -0.3 is 19.8 Å². The molecule has 102 valence electrons. The zero-order chi connectivity index (χ0) is 12.6. The van der Waals surface area contributed by atoms with E-state index in [4.69, 9.17) is 9.15 Å². The second-order valence-corrected chi connectivity index (χ2v) is 5.43. The summed E-state index contributed by atoms with van der Waals surface area (Å²) in [6.07, 6.45) is 2.32. The summed E-state index contributed by atoms with van der Waals surface area (Å²) < 4.78 is 10.5. The van der Waals surface area contributed by atoms with E-state index in [2.05, 4.69) is 20.8 Å². The molecule has 6 nitrogen and oxygen atoms in total. The third-order valence-corrected chi connectivity index (χ3v) is 3.82. The molecule has 1 fully saturated rings. The van der Waals surface area contributed by atoms with Gasteiger partial charge in [-0.25, -0.2) is 0 Å². The number of methoxy groups -OCH3 is 1. The molecule has 1 aliphatic rings. The second kappa shape index (κ2) is 7.60. The normalized spacial score (nSPS) is 16.9. The summed E-state index contributed by atoms with van der Waals surface area (Å²) in [4.78, 5) is 0. The number of rotatable bonds is 7. The molecule has 2 rings (SSSR count). The average Bonchev–Trinajstić information content (AvgIpc) is 2.84. The summed E-state index contributed by atoms with van der Waals surface area (Å²) in [6.45, 7) is 2.04. The largest absolute Gasteiger partial charge is 0.407 e. The maximum Gasteiger partial charge on any atom is 0.315 e. The maximum absolute atomic E-state index is 5.52. The van der Waals surface area contributed by atoms with E-state index in [0.29, 0.717) is 31.1 Å².